The molecule has 0 saturated heterocycles. The van der Waals surface area contributed by atoms with E-state index in [1.54, 1.807) is 23.7 Å². The minimum atomic E-state index is 0.0757. The van der Waals surface area contributed by atoms with Gasteiger partial charge in [0.25, 0.3) is 0 Å². The highest BCUT2D eigenvalue weighted by Gasteiger charge is 2.07. The Morgan fingerprint density at radius 3 is 2.83 bits per heavy atom. The van der Waals surface area contributed by atoms with E-state index in [1.165, 1.54) is 12.8 Å². The summed E-state index contributed by atoms with van der Waals surface area (Å²) in [5.41, 5.74) is 1.95. The second kappa shape index (κ2) is 9.37. The van der Waals surface area contributed by atoms with Crippen molar-refractivity contribution in [1.29, 1.82) is 0 Å². The van der Waals surface area contributed by atoms with Crippen LogP contribution < -0.4 is 5.32 Å². The summed E-state index contributed by atoms with van der Waals surface area (Å²) in [6.07, 6.45) is 6.40. The van der Waals surface area contributed by atoms with Crippen LogP contribution in [0.2, 0.25) is 0 Å². The lowest BCUT2D eigenvalue weighted by Gasteiger charge is -2.15. The van der Waals surface area contributed by atoms with Gasteiger partial charge in [-0.15, -0.1) is 11.3 Å². The highest BCUT2D eigenvalue weighted by Crippen LogP contribution is 2.22. The fraction of sp³-hybridized carbons (Fsp3) is 0.471. The highest BCUT2D eigenvalue weighted by molar-refractivity contribution is 7.13. The van der Waals surface area contributed by atoms with Gasteiger partial charge in [-0.05, 0) is 32.1 Å². The van der Waals surface area contributed by atoms with Crippen molar-refractivity contribution in [3.63, 3.8) is 0 Å². The van der Waals surface area contributed by atoms with E-state index in [1.807, 2.05) is 17.5 Å². The van der Waals surface area contributed by atoms with Gasteiger partial charge in [-0.1, -0.05) is 13.3 Å². The van der Waals surface area contributed by atoms with Crippen LogP contribution >= 0.6 is 11.3 Å². The smallest absolute Gasteiger partial charge is 0.221 e. The van der Waals surface area contributed by atoms with Crippen molar-refractivity contribution in [2.24, 2.45) is 0 Å². The van der Waals surface area contributed by atoms with Gasteiger partial charge in [0.1, 0.15) is 5.01 Å². The number of unbranched alkanes of at least 4 members (excludes halogenated alkanes) is 1. The number of carbonyl (C=O) groups is 1. The first-order valence-corrected chi connectivity index (χ1v) is 8.87. The molecule has 0 bridgehead atoms. The molecule has 0 aliphatic carbocycles. The SMILES string of the molecule is CCCCN(C)CCC(=O)NCc1csc(-c2ccncc2)n1. The molecule has 1 amide bonds. The van der Waals surface area contributed by atoms with E-state index in [-0.39, 0.29) is 5.91 Å². The molecule has 0 aliphatic heterocycles. The van der Waals surface area contributed by atoms with Crippen LogP contribution in [0.4, 0.5) is 0 Å². The first-order chi connectivity index (χ1) is 11.2. The van der Waals surface area contributed by atoms with Gasteiger partial charge in [-0.2, -0.15) is 0 Å². The Bertz CT molecular complexity index is 600. The normalized spacial score (nSPS) is 10.9. The van der Waals surface area contributed by atoms with Gasteiger partial charge in [-0.25, -0.2) is 4.98 Å². The molecule has 1 N–H and O–H groups in total. The predicted molar refractivity (Wildman–Crippen MR) is 94.2 cm³/mol. The average molecular weight is 332 g/mol. The van der Waals surface area contributed by atoms with Gasteiger partial charge < -0.3 is 10.2 Å². The Hall–Kier alpha value is -1.79. The quantitative estimate of drug-likeness (QED) is 0.767. The van der Waals surface area contributed by atoms with Crippen LogP contribution in [0.1, 0.15) is 31.9 Å². The summed E-state index contributed by atoms with van der Waals surface area (Å²) in [5.74, 6) is 0.0757. The molecule has 2 rings (SSSR count). The third-order valence-electron chi connectivity index (χ3n) is 3.56. The summed E-state index contributed by atoms with van der Waals surface area (Å²) in [4.78, 5) is 22.7. The fourth-order valence-corrected chi connectivity index (χ4v) is 2.95. The first kappa shape index (κ1) is 17.6. The van der Waals surface area contributed by atoms with Crippen LogP contribution in [0.5, 0.6) is 0 Å². The van der Waals surface area contributed by atoms with E-state index in [4.69, 9.17) is 0 Å². The Morgan fingerprint density at radius 2 is 2.09 bits per heavy atom. The lowest BCUT2D eigenvalue weighted by Crippen LogP contribution is -2.29. The number of amides is 1. The van der Waals surface area contributed by atoms with Crippen molar-refractivity contribution >= 4 is 17.2 Å². The maximum Gasteiger partial charge on any atom is 0.221 e. The zero-order valence-corrected chi connectivity index (χ0v) is 14.6. The van der Waals surface area contributed by atoms with E-state index in [0.29, 0.717) is 13.0 Å². The number of nitrogens with zero attached hydrogens (tertiary/aromatic N) is 3. The third kappa shape index (κ3) is 6.08. The van der Waals surface area contributed by atoms with Crippen molar-refractivity contribution in [1.82, 2.24) is 20.2 Å². The number of hydrogen-bond acceptors (Lipinski definition) is 5. The number of nitrogens with one attached hydrogen (secondary N) is 1. The van der Waals surface area contributed by atoms with E-state index >= 15 is 0 Å². The molecule has 0 fully saturated rings. The number of hydrogen-bond donors (Lipinski definition) is 1. The van der Waals surface area contributed by atoms with Gasteiger partial charge in [0.05, 0.1) is 12.2 Å². The largest absolute Gasteiger partial charge is 0.350 e. The summed E-state index contributed by atoms with van der Waals surface area (Å²) in [6, 6.07) is 3.88. The van der Waals surface area contributed by atoms with E-state index in [2.05, 4.69) is 34.2 Å². The minimum Gasteiger partial charge on any atom is -0.350 e. The molecule has 2 aromatic heterocycles. The summed E-state index contributed by atoms with van der Waals surface area (Å²) in [5, 5.41) is 5.89. The highest BCUT2D eigenvalue weighted by atomic mass is 32.1. The lowest BCUT2D eigenvalue weighted by molar-refractivity contribution is -0.121. The predicted octanol–water partition coefficient (Wildman–Crippen LogP) is 2.94. The van der Waals surface area contributed by atoms with Crippen LogP contribution in [-0.4, -0.2) is 40.9 Å². The van der Waals surface area contributed by atoms with Crippen molar-refractivity contribution in [2.75, 3.05) is 20.1 Å². The Balaban J connectivity index is 1.74. The molecule has 0 spiro atoms. The monoisotopic (exact) mass is 332 g/mol. The first-order valence-electron chi connectivity index (χ1n) is 7.99. The van der Waals surface area contributed by atoms with Crippen molar-refractivity contribution < 1.29 is 4.79 Å². The lowest BCUT2D eigenvalue weighted by atomic mass is 10.3. The number of thiazole rings is 1. The van der Waals surface area contributed by atoms with Gasteiger partial charge in [0, 0.05) is 36.3 Å². The summed E-state index contributed by atoms with van der Waals surface area (Å²) < 4.78 is 0. The summed E-state index contributed by atoms with van der Waals surface area (Å²) in [7, 11) is 2.06. The Morgan fingerprint density at radius 1 is 1.30 bits per heavy atom. The molecular formula is C17H24N4OS. The maximum atomic E-state index is 11.9. The van der Waals surface area contributed by atoms with E-state index < -0.39 is 0 Å². The zero-order valence-electron chi connectivity index (χ0n) is 13.8. The maximum absolute atomic E-state index is 11.9. The standard InChI is InChI=1S/C17H24N4OS/c1-3-4-10-21(2)11-7-16(22)19-12-15-13-23-17(20-15)14-5-8-18-9-6-14/h5-6,8-9,13H,3-4,7,10-12H2,1-2H3,(H,19,22). The van der Waals surface area contributed by atoms with Crippen LogP contribution in [0.15, 0.2) is 29.9 Å². The second-order valence-electron chi connectivity index (χ2n) is 5.56. The zero-order chi connectivity index (χ0) is 16.5. The van der Waals surface area contributed by atoms with Crippen molar-refractivity contribution in [2.45, 2.75) is 32.7 Å². The van der Waals surface area contributed by atoms with Gasteiger partial charge in [0.15, 0.2) is 0 Å². The van der Waals surface area contributed by atoms with Gasteiger partial charge >= 0.3 is 0 Å². The fourth-order valence-electron chi connectivity index (χ4n) is 2.13. The topological polar surface area (TPSA) is 58.1 Å². The van der Waals surface area contributed by atoms with Crippen LogP contribution in [0.3, 0.4) is 0 Å². The van der Waals surface area contributed by atoms with Crippen LogP contribution in [0, 0.1) is 0 Å². The van der Waals surface area contributed by atoms with E-state index in [0.717, 1.165) is 29.4 Å². The van der Waals surface area contributed by atoms with Crippen molar-refractivity contribution in [3.05, 3.63) is 35.6 Å². The molecule has 5 nitrogen and oxygen atoms in total. The van der Waals surface area contributed by atoms with Crippen LogP contribution in [-0.2, 0) is 11.3 Å². The molecule has 2 heterocycles. The number of aromatic nitrogens is 2. The molecule has 2 aromatic rings. The average Bonchev–Trinajstić information content (AvgIpc) is 3.06. The van der Waals surface area contributed by atoms with Gasteiger partial charge in [-0.3, -0.25) is 9.78 Å². The number of pyridine rings is 1. The summed E-state index contributed by atoms with van der Waals surface area (Å²) >= 11 is 1.58. The molecule has 0 radical (unpaired) electrons. The van der Waals surface area contributed by atoms with Gasteiger partial charge in [0.2, 0.25) is 5.91 Å². The van der Waals surface area contributed by atoms with Crippen molar-refractivity contribution in [3.8, 4) is 10.6 Å². The molecule has 0 aliphatic rings. The number of carbonyl (C=O) groups excluding carboxylic acids is 1. The molecule has 0 unspecified atom stereocenters. The molecular weight excluding hydrogens is 308 g/mol. The molecule has 0 atom stereocenters. The third-order valence-corrected chi connectivity index (χ3v) is 4.50. The molecule has 23 heavy (non-hydrogen) atoms. The molecule has 6 heteroatoms. The molecule has 124 valence electrons. The molecule has 0 aromatic carbocycles. The molecule has 0 saturated carbocycles. The minimum absolute atomic E-state index is 0.0757. The number of rotatable bonds is 9. The Kier molecular flexibility index (Phi) is 7.16. The van der Waals surface area contributed by atoms with Crippen LogP contribution in [0.25, 0.3) is 10.6 Å². The Labute approximate surface area is 141 Å². The summed E-state index contributed by atoms with van der Waals surface area (Å²) in [6.45, 7) is 4.50. The second-order valence-corrected chi connectivity index (χ2v) is 6.42. The van der Waals surface area contributed by atoms with E-state index in [9.17, 15) is 4.79 Å².